The average molecular weight is 1380 g/mol. The highest BCUT2D eigenvalue weighted by Gasteiger charge is 2.30. The smallest absolute Gasteiger partial charge is 0.462 e. The Morgan fingerprint density at radius 1 is 0.298 bits per heavy atom. The quantitative estimate of drug-likeness (QED) is 0.0222. The van der Waals surface area contributed by atoms with Crippen molar-refractivity contribution in [3.8, 4) is 0 Å². The van der Waals surface area contributed by atoms with Crippen molar-refractivity contribution < 1.29 is 80.2 Å². The van der Waals surface area contributed by atoms with Crippen molar-refractivity contribution in [2.75, 3.05) is 39.6 Å². The molecule has 0 spiro atoms. The molecule has 558 valence electrons. The Balaban J connectivity index is 5.19. The lowest BCUT2D eigenvalue weighted by molar-refractivity contribution is -0.161. The SMILES string of the molecule is CCC(C)CCCCCCCCCCCCCCCCC(=O)OC[C@H](COP(=O)(O)OCC(O)COP(=O)(O)OC[C@@H](COC(=O)CCCCCCCCCC(C)C)OC(=O)CCCCCCCCCCCCCCCC(C)C)OC(=O)CCCCCCCCCC(C)C. The lowest BCUT2D eigenvalue weighted by atomic mass is 9.99. The zero-order chi connectivity index (χ0) is 69.6. The number of phosphoric acid groups is 2. The van der Waals surface area contributed by atoms with Gasteiger partial charge in [0, 0.05) is 25.7 Å². The number of hydrogen-bond acceptors (Lipinski definition) is 15. The average Bonchev–Trinajstić information content (AvgIpc) is 1.16. The van der Waals surface area contributed by atoms with E-state index in [1.165, 1.54) is 173 Å². The van der Waals surface area contributed by atoms with Crippen LogP contribution in [0.25, 0.3) is 0 Å². The number of aliphatic hydroxyl groups excluding tert-OH is 1. The van der Waals surface area contributed by atoms with E-state index in [9.17, 15) is 43.2 Å². The molecule has 0 saturated heterocycles. The molecule has 0 aliphatic rings. The molecule has 0 bridgehead atoms. The molecule has 0 aromatic rings. The topological polar surface area (TPSA) is 237 Å². The third kappa shape index (κ3) is 67.3. The van der Waals surface area contributed by atoms with E-state index in [4.69, 9.17) is 37.0 Å². The molecule has 0 amide bonds. The van der Waals surface area contributed by atoms with Gasteiger partial charge < -0.3 is 33.8 Å². The molecule has 94 heavy (non-hydrogen) atoms. The fourth-order valence-corrected chi connectivity index (χ4v) is 12.9. The Bertz CT molecular complexity index is 1850. The van der Waals surface area contributed by atoms with Crippen LogP contribution in [0.5, 0.6) is 0 Å². The van der Waals surface area contributed by atoms with Gasteiger partial charge in [-0.3, -0.25) is 37.3 Å². The Morgan fingerprint density at radius 2 is 0.511 bits per heavy atom. The number of hydrogen-bond donors (Lipinski definition) is 3. The van der Waals surface area contributed by atoms with Crippen LogP contribution in [0, 0.1) is 23.7 Å². The largest absolute Gasteiger partial charge is 0.472 e. The van der Waals surface area contributed by atoms with Crippen molar-refractivity contribution in [2.45, 2.75) is 395 Å². The van der Waals surface area contributed by atoms with E-state index < -0.39 is 97.5 Å². The van der Waals surface area contributed by atoms with Gasteiger partial charge in [-0.25, -0.2) is 9.13 Å². The van der Waals surface area contributed by atoms with Crippen LogP contribution in [0.3, 0.4) is 0 Å². The van der Waals surface area contributed by atoms with Gasteiger partial charge in [0.15, 0.2) is 12.2 Å². The fourth-order valence-electron chi connectivity index (χ4n) is 11.3. The highest BCUT2D eigenvalue weighted by Crippen LogP contribution is 2.45. The first-order valence-corrected chi connectivity index (χ1v) is 41.7. The molecule has 0 aromatic heterocycles. The van der Waals surface area contributed by atoms with Gasteiger partial charge in [0.1, 0.15) is 19.3 Å². The van der Waals surface area contributed by atoms with Crippen LogP contribution in [-0.2, 0) is 65.4 Å². The number of rotatable bonds is 72. The van der Waals surface area contributed by atoms with Crippen molar-refractivity contribution in [1.29, 1.82) is 0 Å². The zero-order valence-electron chi connectivity index (χ0n) is 61.6. The summed E-state index contributed by atoms with van der Waals surface area (Å²) in [6, 6.07) is 0. The normalized spacial score (nSPS) is 14.4. The number of phosphoric ester groups is 2. The number of unbranched alkanes of at least 4 members (excludes halogenated alkanes) is 37. The van der Waals surface area contributed by atoms with Crippen LogP contribution in [0.1, 0.15) is 376 Å². The second-order valence-corrected chi connectivity index (χ2v) is 31.6. The van der Waals surface area contributed by atoms with Crippen molar-refractivity contribution >= 4 is 39.5 Å². The molecule has 0 saturated carbocycles. The summed E-state index contributed by atoms with van der Waals surface area (Å²) in [4.78, 5) is 72.7. The maximum absolute atomic E-state index is 13.0. The van der Waals surface area contributed by atoms with Crippen LogP contribution >= 0.6 is 15.6 Å². The van der Waals surface area contributed by atoms with Gasteiger partial charge in [-0.05, 0) is 49.4 Å². The van der Waals surface area contributed by atoms with Gasteiger partial charge in [-0.2, -0.15) is 0 Å². The third-order valence-electron chi connectivity index (χ3n) is 17.7. The van der Waals surface area contributed by atoms with Crippen LogP contribution in [-0.4, -0.2) is 96.7 Å². The molecule has 0 radical (unpaired) electrons. The molecule has 0 heterocycles. The summed E-state index contributed by atoms with van der Waals surface area (Å²) >= 11 is 0. The monoisotopic (exact) mass is 1380 g/mol. The summed E-state index contributed by atoms with van der Waals surface area (Å²) in [7, 11) is -9.91. The van der Waals surface area contributed by atoms with Crippen LogP contribution in [0.2, 0.25) is 0 Å². The van der Waals surface area contributed by atoms with Gasteiger partial charge in [0.05, 0.1) is 26.4 Å². The minimum atomic E-state index is -4.95. The number of aliphatic hydroxyl groups is 1. The summed E-state index contributed by atoms with van der Waals surface area (Å²) < 4.78 is 68.4. The Kier molecular flexibility index (Phi) is 63.1. The summed E-state index contributed by atoms with van der Waals surface area (Å²) in [5, 5.41) is 10.6. The Labute approximate surface area is 575 Å². The summed E-state index contributed by atoms with van der Waals surface area (Å²) in [5.74, 6) is 0.912. The fraction of sp³-hybridized carbons (Fsp3) is 0.947. The van der Waals surface area contributed by atoms with Crippen molar-refractivity contribution in [3.63, 3.8) is 0 Å². The van der Waals surface area contributed by atoms with Crippen molar-refractivity contribution in [3.05, 3.63) is 0 Å². The van der Waals surface area contributed by atoms with Crippen LogP contribution < -0.4 is 0 Å². The molecule has 0 rings (SSSR count). The molecule has 0 fully saturated rings. The molecule has 6 atom stereocenters. The first-order valence-electron chi connectivity index (χ1n) is 38.7. The van der Waals surface area contributed by atoms with E-state index in [1.54, 1.807) is 0 Å². The number of carbonyl (C=O) groups excluding carboxylic acids is 4. The molecule has 0 aliphatic heterocycles. The molecule has 17 nitrogen and oxygen atoms in total. The van der Waals surface area contributed by atoms with Crippen molar-refractivity contribution in [2.24, 2.45) is 23.7 Å². The minimum Gasteiger partial charge on any atom is -0.462 e. The maximum atomic E-state index is 13.0. The van der Waals surface area contributed by atoms with E-state index >= 15 is 0 Å². The van der Waals surface area contributed by atoms with E-state index in [2.05, 4.69) is 55.4 Å². The van der Waals surface area contributed by atoms with Crippen LogP contribution in [0.4, 0.5) is 0 Å². The summed E-state index contributed by atoms with van der Waals surface area (Å²) in [6.07, 6.45) is 48.7. The minimum absolute atomic E-state index is 0.103. The van der Waals surface area contributed by atoms with Crippen molar-refractivity contribution in [1.82, 2.24) is 0 Å². The van der Waals surface area contributed by atoms with Gasteiger partial charge >= 0.3 is 39.5 Å². The first kappa shape index (κ1) is 92.1. The standard InChI is InChI=1S/C75H146O17P2/c1-9-68(8)54-46-38-30-22-18-14-10-11-15-19-23-31-39-47-55-72(77)85-61-71(92-75(80)58-50-42-34-26-29-37-45-53-67(6)7)64-90-94(83,84)88-60-69(76)59-87-93(81,82)89-63-70(62-86-73(78)56-48-40-33-25-28-36-44-52-66(4)5)91-74(79)57-49-41-32-24-20-16-12-13-17-21-27-35-43-51-65(2)3/h65-71,76H,9-64H2,1-8H3,(H,81,82)(H,83,84)/t68?,69?,70-,71-/m1/s1. The third-order valence-corrected chi connectivity index (χ3v) is 19.6. The lowest BCUT2D eigenvalue weighted by Crippen LogP contribution is -2.30. The summed E-state index contributed by atoms with van der Waals surface area (Å²) in [6.45, 7) is 14.1. The van der Waals surface area contributed by atoms with E-state index in [-0.39, 0.29) is 25.7 Å². The Morgan fingerprint density at radius 3 is 0.755 bits per heavy atom. The van der Waals surface area contributed by atoms with E-state index in [0.29, 0.717) is 37.5 Å². The molecular weight excluding hydrogens is 1230 g/mol. The predicted molar refractivity (Wildman–Crippen MR) is 381 cm³/mol. The zero-order valence-corrected chi connectivity index (χ0v) is 63.4. The second kappa shape index (κ2) is 64.4. The Hall–Kier alpha value is -1.94. The van der Waals surface area contributed by atoms with Gasteiger partial charge in [-0.15, -0.1) is 0 Å². The van der Waals surface area contributed by atoms with Gasteiger partial charge in [0.2, 0.25) is 0 Å². The molecular formula is C75H146O17P2. The highest BCUT2D eigenvalue weighted by molar-refractivity contribution is 7.47. The number of carbonyl (C=O) groups is 4. The molecule has 19 heteroatoms. The summed E-state index contributed by atoms with van der Waals surface area (Å²) in [5.41, 5.74) is 0. The number of ether oxygens (including phenoxy) is 4. The number of esters is 4. The predicted octanol–water partition coefficient (Wildman–Crippen LogP) is 21.7. The van der Waals surface area contributed by atoms with Gasteiger partial charge in [0.25, 0.3) is 0 Å². The lowest BCUT2D eigenvalue weighted by Gasteiger charge is -2.21. The van der Waals surface area contributed by atoms with Gasteiger partial charge in [-0.1, -0.05) is 325 Å². The molecule has 0 aromatic carbocycles. The maximum Gasteiger partial charge on any atom is 0.472 e. The van der Waals surface area contributed by atoms with E-state index in [0.717, 1.165) is 108 Å². The highest BCUT2D eigenvalue weighted by atomic mass is 31.2. The molecule has 4 unspecified atom stereocenters. The first-order chi connectivity index (χ1) is 45.1. The molecule has 0 aliphatic carbocycles. The molecule has 3 N–H and O–H groups in total. The van der Waals surface area contributed by atoms with Crippen LogP contribution in [0.15, 0.2) is 0 Å². The van der Waals surface area contributed by atoms with E-state index in [1.807, 2.05) is 0 Å². The second-order valence-electron chi connectivity index (χ2n) is 28.7.